The molecule has 1 N–H and O–H groups in total. The van der Waals surface area contributed by atoms with Crippen LogP contribution in [0.15, 0.2) is 88.0 Å². The molecular weight excluding hydrogens is 422 g/mol. The number of hydrogen-bond acceptors (Lipinski definition) is 6. The monoisotopic (exact) mass is 445 g/mol. The van der Waals surface area contributed by atoms with E-state index in [-0.39, 0.29) is 17.9 Å². The van der Waals surface area contributed by atoms with Gasteiger partial charge in [0.25, 0.3) is 0 Å². The number of carbonyl (C=O) groups excluding carboxylic acids is 1. The second-order valence-electron chi connectivity index (χ2n) is 6.94. The van der Waals surface area contributed by atoms with E-state index in [9.17, 15) is 9.90 Å². The van der Waals surface area contributed by atoms with Crippen molar-refractivity contribution in [3.05, 3.63) is 88.5 Å². The van der Waals surface area contributed by atoms with Gasteiger partial charge in [-0.05, 0) is 49.1 Å². The van der Waals surface area contributed by atoms with Crippen LogP contribution in [-0.2, 0) is 9.53 Å². The Bertz CT molecular complexity index is 1250. The van der Waals surface area contributed by atoms with Crippen molar-refractivity contribution in [2.45, 2.75) is 13.8 Å². The van der Waals surface area contributed by atoms with Gasteiger partial charge >= 0.3 is 5.97 Å². The maximum Gasteiger partial charge on any atom is 0.344 e. The summed E-state index contributed by atoms with van der Waals surface area (Å²) in [6.45, 7) is 4.47. The number of carbonyl (C=O) groups is 1. The van der Waals surface area contributed by atoms with Crippen LogP contribution in [0, 0.1) is 0 Å². The summed E-state index contributed by atoms with van der Waals surface area (Å²) in [7, 11) is 0. The van der Waals surface area contributed by atoms with Gasteiger partial charge in [-0.2, -0.15) is 0 Å². The molecule has 0 unspecified atom stereocenters. The van der Waals surface area contributed by atoms with Gasteiger partial charge < -0.3 is 14.6 Å². The van der Waals surface area contributed by atoms with E-state index >= 15 is 0 Å². The van der Waals surface area contributed by atoms with Gasteiger partial charge in [0.1, 0.15) is 22.1 Å². The van der Waals surface area contributed by atoms with E-state index < -0.39 is 5.97 Å². The van der Waals surface area contributed by atoms with E-state index in [4.69, 9.17) is 9.47 Å². The van der Waals surface area contributed by atoms with E-state index in [1.807, 2.05) is 79.7 Å². The average Bonchev–Trinajstić information content (AvgIpc) is 3.11. The molecule has 3 aromatic rings. The highest BCUT2D eigenvalue weighted by Gasteiger charge is 2.33. The summed E-state index contributed by atoms with van der Waals surface area (Å²) in [5, 5.41) is 13.3. The fraction of sp³-hybridized carbons (Fsp3) is 0.154. The standard InChI is InChI=1S/C26H23NO4S/c1-3-30-21-15-14-17(19-12-8-9-13-20(19)21)16-22-24(28)23(26(29)31-4-2)25(32-22)27-18-10-6-5-7-11-18/h5-16,28H,3-4H2,1-2H3/b22-16-,27-25?. The molecule has 1 aliphatic rings. The number of fused-ring (bicyclic) bond motifs is 1. The number of rotatable bonds is 6. The van der Waals surface area contributed by atoms with E-state index in [2.05, 4.69) is 4.99 Å². The highest BCUT2D eigenvalue weighted by atomic mass is 32.2. The zero-order chi connectivity index (χ0) is 22.5. The lowest BCUT2D eigenvalue weighted by Gasteiger charge is -2.10. The SMILES string of the molecule is CCOC(=O)C1=C(O)/C(=C/c2ccc(OCC)c3ccccc23)SC1=Nc1ccccc1. The molecule has 5 nitrogen and oxygen atoms in total. The molecule has 0 saturated carbocycles. The zero-order valence-corrected chi connectivity index (χ0v) is 18.7. The predicted octanol–water partition coefficient (Wildman–Crippen LogP) is 6.43. The molecule has 0 aromatic heterocycles. The van der Waals surface area contributed by atoms with Gasteiger partial charge in [0, 0.05) is 5.39 Å². The summed E-state index contributed by atoms with van der Waals surface area (Å²) in [6, 6.07) is 21.1. The maximum atomic E-state index is 12.6. The minimum absolute atomic E-state index is 0.0854. The minimum atomic E-state index is -0.591. The molecular formula is C26H23NO4S. The highest BCUT2D eigenvalue weighted by molar-refractivity contribution is 8.18. The van der Waals surface area contributed by atoms with Crippen LogP contribution in [0.1, 0.15) is 19.4 Å². The van der Waals surface area contributed by atoms with E-state index in [0.29, 0.717) is 22.2 Å². The average molecular weight is 446 g/mol. The molecule has 0 spiro atoms. The van der Waals surface area contributed by atoms with Crippen LogP contribution in [0.3, 0.4) is 0 Å². The van der Waals surface area contributed by atoms with Gasteiger partial charge in [-0.15, -0.1) is 0 Å². The molecule has 0 aliphatic carbocycles. The van der Waals surface area contributed by atoms with Gasteiger partial charge in [-0.3, -0.25) is 0 Å². The third-order valence-corrected chi connectivity index (χ3v) is 5.88. The Hall–Kier alpha value is -3.51. The van der Waals surface area contributed by atoms with Crippen LogP contribution in [0.5, 0.6) is 5.75 Å². The van der Waals surface area contributed by atoms with E-state index in [1.165, 1.54) is 11.8 Å². The number of aliphatic hydroxyl groups excluding tert-OH is 1. The number of nitrogens with zero attached hydrogens (tertiary/aromatic N) is 1. The Labute approximate surface area is 191 Å². The summed E-state index contributed by atoms with van der Waals surface area (Å²) in [6.07, 6.45) is 1.87. The van der Waals surface area contributed by atoms with Crippen molar-refractivity contribution in [3.8, 4) is 5.75 Å². The fourth-order valence-electron chi connectivity index (χ4n) is 3.45. The first-order valence-electron chi connectivity index (χ1n) is 10.4. The summed E-state index contributed by atoms with van der Waals surface area (Å²) in [5.74, 6) is 0.0934. The van der Waals surface area contributed by atoms with Gasteiger partial charge in [0.05, 0.1) is 23.8 Å². The molecule has 6 heteroatoms. The largest absolute Gasteiger partial charge is 0.506 e. The van der Waals surface area contributed by atoms with Crippen molar-refractivity contribution in [1.82, 2.24) is 0 Å². The predicted molar refractivity (Wildman–Crippen MR) is 131 cm³/mol. The first-order valence-corrected chi connectivity index (χ1v) is 11.2. The first kappa shape index (κ1) is 21.7. The van der Waals surface area contributed by atoms with E-state index in [0.717, 1.165) is 22.1 Å². The Morgan fingerprint density at radius 2 is 1.69 bits per heavy atom. The molecule has 32 heavy (non-hydrogen) atoms. The summed E-state index contributed by atoms with van der Waals surface area (Å²) in [4.78, 5) is 17.7. The maximum absolute atomic E-state index is 12.6. The lowest BCUT2D eigenvalue weighted by molar-refractivity contribution is -0.138. The number of para-hydroxylation sites is 1. The van der Waals surface area contributed by atoms with Gasteiger partial charge in [-0.25, -0.2) is 9.79 Å². The number of hydrogen-bond donors (Lipinski definition) is 1. The lowest BCUT2D eigenvalue weighted by Crippen LogP contribution is -2.12. The normalized spacial score (nSPS) is 16.2. The number of thioether (sulfide) groups is 1. The molecule has 4 rings (SSSR count). The van der Waals surface area contributed by atoms with Crippen LogP contribution in [-0.4, -0.2) is 29.3 Å². The second-order valence-corrected chi connectivity index (χ2v) is 7.97. The number of ether oxygens (including phenoxy) is 2. The van der Waals surface area contributed by atoms with Gasteiger partial charge in [0.15, 0.2) is 0 Å². The van der Waals surface area contributed by atoms with Crippen LogP contribution < -0.4 is 4.74 Å². The van der Waals surface area contributed by atoms with Gasteiger partial charge in [0.2, 0.25) is 0 Å². The number of aliphatic hydroxyl groups is 1. The quantitative estimate of drug-likeness (QED) is 0.443. The molecule has 1 aliphatic heterocycles. The molecule has 162 valence electrons. The van der Waals surface area contributed by atoms with Crippen LogP contribution >= 0.6 is 11.8 Å². The van der Waals surface area contributed by atoms with Crippen molar-refractivity contribution in [3.63, 3.8) is 0 Å². The van der Waals surface area contributed by atoms with Crippen molar-refractivity contribution in [1.29, 1.82) is 0 Å². The third-order valence-electron chi connectivity index (χ3n) is 4.86. The Morgan fingerprint density at radius 1 is 0.969 bits per heavy atom. The Balaban J connectivity index is 1.81. The second kappa shape index (κ2) is 9.75. The highest BCUT2D eigenvalue weighted by Crippen LogP contribution is 2.41. The van der Waals surface area contributed by atoms with Crippen molar-refractivity contribution in [2.24, 2.45) is 4.99 Å². The molecule has 0 amide bonds. The summed E-state index contributed by atoms with van der Waals surface area (Å²) in [5.41, 5.74) is 1.68. The fourth-order valence-corrected chi connectivity index (χ4v) is 4.48. The number of benzene rings is 3. The topological polar surface area (TPSA) is 68.1 Å². The van der Waals surface area contributed by atoms with Crippen LogP contribution in [0.2, 0.25) is 0 Å². The molecule has 3 aromatic carbocycles. The summed E-state index contributed by atoms with van der Waals surface area (Å²) >= 11 is 1.25. The van der Waals surface area contributed by atoms with Crippen LogP contribution in [0.4, 0.5) is 5.69 Å². The Kier molecular flexibility index (Phi) is 6.61. The van der Waals surface area contributed by atoms with E-state index in [1.54, 1.807) is 6.92 Å². The number of esters is 1. The molecule has 0 saturated heterocycles. The van der Waals surface area contributed by atoms with Crippen LogP contribution in [0.25, 0.3) is 16.8 Å². The van der Waals surface area contributed by atoms with Gasteiger partial charge in [-0.1, -0.05) is 60.3 Å². The first-order chi connectivity index (χ1) is 15.6. The number of aliphatic imine (C=N–C) groups is 1. The Morgan fingerprint density at radius 3 is 2.41 bits per heavy atom. The van der Waals surface area contributed by atoms with Crippen molar-refractivity contribution < 1.29 is 19.4 Å². The van der Waals surface area contributed by atoms with Crippen molar-refractivity contribution >= 4 is 45.3 Å². The molecule has 0 atom stereocenters. The molecule has 0 radical (unpaired) electrons. The van der Waals surface area contributed by atoms with Crippen molar-refractivity contribution in [2.75, 3.05) is 13.2 Å². The molecule has 0 fully saturated rings. The molecule has 1 heterocycles. The summed E-state index contributed by atoms with van der Waals surface area (Å²) < 4.78 is 10.9. The zero-order valence-electron chi connectivity index (χ0n) is 17.9. The lowest BCUT2D eigenvalue weighted by atomic mass is 10.0. The minimum Gasteiger partial charge on any atom is -0.506 e. The molecule has 0 bridgehead atoms. The third kappa shape index (κ3) is 4.41. The smallest absolute Gasteiger partial charge is 0.344 e.